The number of allylic oxidation sites excluding steroid dienone is 3. The fourth-order valence-electron chi connectivity index (χ4n) is 6.03. The SMILES string of the molecule is CN=CC1=c2ccccc2=CC2C1C2c1ccc(/C(=C/C(=C\Cc2ccccc2)c2ccccc2)NC)cc1. The Kier molecular flexibility index (Phi) is 7.10. The molecule has 0 aromatic heterocycles. The van der Waals surface area contributed by atoms with Crippen LogP contribution in [0.2, 0.25) is 0 Å². The van der Waals surface area contributed by atoms with Crippen LogP contribution in [-0.2, 0) is 6.42 Å². The van der Waals surface area contributed by atoms with Crippen LogP contribution in [0.25, 0.3) is 22.9 Å². The van der Waals surface area contributed by atoms with Crippen molar-refractivity contribution in [2.24, 2.45) is 16.8 Å². The lowest BCUT2D eigenvalue weighted by Crippen LogP contribution is -2.30. The molecule has 2 aliphatic rings. The lowest BCUT2D eigenvalue weighted by atomic mass is 9.98. The van der Waals surface area contributed by atoms with Crippen LogP contribution in [0.4, 0.5) is 0 Å². The summed E-state index contributed by atoms with van der Waals surface area (Å²) in [6.07, 6.45) is 10.0. The van der Waals surface area contributed by atoms with Gasteiger partial charge in [0.15, 0.2) is 0 Å². The summed E-state index contributed by atoms with van der Waals surface area (Å²) in [4.78, 5) is 4.40. The van der Waals surface area contributed by atoms with Crippen LogP contribution in [0.15, 0.2) is 126 Å². The van der Waals surface area contributed by atoms with Crippen molar-refractivity contribution in [1.82, 2.24) is 5.32 Å². The van der Waals surface area contributed by atoms with Crippen LogP contribution in [0.5, 0.6) is 0 Å². The minimum absolute atomic E-state index is 0.507. The van der Waals surface area contributed by atoms with E-state index >= 15 is 0 Å². The molecular weight excluding hydrogens is 472 g/mol. The molecule has 4 aromatic carbocycles. The zero-order valence-electron chi connectivity index (χ0n) is 22.6. The molecule has 6 rings (SSSR count). The van der Waals surface area contributed by atoms with Crippen molar-refractivity contribution in [1.29, 1.82) is 0 Å². The summed E-state index contributed by atoms with van der Waals surface area (Å²) in [6.45, 7) is 0. The monoisotopic (exact) mass is 506 g/mol. The van der Waals surface area contributed by atoms with Crippen LogP contribution in [-0.4, -0.2) is 20.3 Å². The zero-order chi connectivity index (χ0) is 26.6. The molecule has 0 aliphatic heterocycles. The molecule has 1 saturated carbocycles. The molecule has 3 unspecified atom stereocenters. The average Bonchev–Trinajstić information content (AvgIpc) is 3.72. The van der Waals surface area contributed by atoms with E-state index in [1.54, 1.807) is 0 Å². The van der Waals surface area contributed by atoms with E-state index < -0.39 is 0 Å². The molecule has 1 fully saturated rings. The summed E-state index contributed by atoms with van der Waals surface area (Å²) in [5, 5.41) is 6.13. The predicted octanol–water partition coefficient (Wildman–Crippen LogP) is 6.25. The van der Waals surface area contributed by atoms with E-state index in [0.717, 1.165) is 12.1 Å². The first-order valence-electron chi connectivity index (χ1n) is 13.8. The van der Waals surface area contributed by atoms with E-state index in [4.69, 9.17) is 0 Å². The summed E-state index contributed by atoms with van der Waals surface area (Å²) < 4.78 is 0. The normalized spacial score (nSPS) is 20.3. The molecule has 4 aromatic rings. The Morgan fingerprint density at radius 1 is 0.769 bits per heavy atom. The van der Waals surface area contributed by atoms with Crippen molar-refractivity contribution in [3.8, 4) is 0 Å². The molecule has 1 N–H and O–H groups in total. The van der Waals surface area contributed by atoms with Gasteiger partial charge in [-0.2, -0.15) is 0 Å². The van der Waals surface area contributed by atoms with E-state index in [9.17, 15) is 0 Å². The van der Waals surface area contributed by atoms with Gasteiger partial charge in [-0.05, 0) is 68.2 Å². The highest BCUT2D eigenvalue weighted by molar-refractivity contribution is 6.05. The molecule has 0 amide bonds. The van der Waals surface area contributed by atoms with Gasteiger partial charge in [-0.15, -0.1) is 0 Å². The molecular formula is C37H34N2. The van der Waals surface area contributed by atoms with Crippen LogP contribution in [0.3, 0.4) is 0 Å². The van der Waals surface area contributed by atoms with E-state index in [1.807, 2.05) is 14.1 Å². The molecule has 192 valence electrons. The number of benzene rings is 4. The van der Waals surface area contributed by atoms with Gasteiger partial charge in [-0.1, -0.05) is 121 Å². The maximum absolute atomic E-state index is 4.40. The van der Waals surface area contributed by atoms with Gasteiger partial charge in [0, 0.05) is 31.9 Å². The first kappa shape index (κ1) is 24.9. The van der Waals surface area contributed by atoms with Crippen LogP contribution < -0.4 is 15.8 Å². The van der Waals surface area contributed by atoms with Gasteiger partial charge >= 0.3 is 0 Å². The van der Waals surface area contributed by atoms with E-state index in [-0.39, 0.29) is 0 Å². The van der Waals surface area contributed by atoms with E-state index in [2.05, 4.69) is 144 Å². The second kappa shape index (κ2) is 11.1. The summed E-state index contributed by atoms with van der Waals surface area (Å²) in [7, 11) is 3.88. The number of hydrogen-bond donors (Lipinski definition) is 1. The van der Waals surface area contributed by atoms with Crippen molar-refractivity contribution in [3.63, 3.8) is 0 Å². The van der Waals surface area contributed by atoms with Gasteiger partial charge in [0.1, 0.15) is 0 Å². The summed E-state index contributed by atoms with van der Waals surface area (Å²) in [6, 6.07) is 39.2. The van der Waals surface area contributed by atoms with Crippen molar-refractivity contribution in [2.45, 2.75) is 12.3 Å². The number of nitrogens with zero attached hydrogens (tertiary/aromatic N) is 1. The van der Waals surface area contributed by atoms with Gasteiger partial charge < -0.3 is 5.32 Å². The average molecular weight is 507 g/mol. The Hall–Kier alpha value is -4.43. The molecule has 0 heterocycles. The second-order valence-corrected chi connectivity index (χ2v) is 10.4. The highest BCUT2D eigenvalue weighted by Gasteiger charge is 2.52. The third kappa shape index (κ3) is 5.15. The van der Waals surface area contributed by atoms with Crippen LogP contribution >= 0.6 is 0 Å². The van der Waals surface area contributed by atoms with E-state index in [0.29, 0.717) is 17.8 Å². The summed E-state index contributed by atoms with van der Waals surface area (Å²) in [5.41, 5.74) is 8.82. The molecule has 0 radical (unpaired) electrons. The Morgan fingerprint density at radius 2 is 1.46 bits per heavy atom. The Labute approximate surface area is 231 Å². The second-order valence-electron chi connectivity index (χ2n) is 10.4. The molecule has 2 nitrogen and oxygen atoms in total. The molecule has 3 atom stereocenters. The molecule has 39 heavy (non-hydrogen) atoms. The number of nitrogens with one attached hydrogen (secondary N) is 1. The van der Waals surface area contributed by atoms with Crippen molar-refractivity contribution < 1.29 is 0 Å². The largest absolute Gasteiger partial charge is 0.388 e. The Morgan fingerprint density at radius 3 is 2.18 bits per heavy atom. The maximum atomic E-state index is 4.40. The number of fused-ring (bicyclic) bond motifs is 2. The molecule has 0 spiro atoms. The Balaban J connectivity index is 1.29. The minimum Gasteiger partial charge on any atom is -0.388 e. The number of rotatable bonds is 8. The molecule has 0 bridgehead atoms. The topological polar surface area (TPSA) is 24.4 Å². The number of hydrogen-bond acceptors (Lipinski definition) is 2. The first-order chi connectivity index (χ1) is 19.3. The van der Waals surface area contributed by atoms with Crippen molar-refractivity contribution >= 4 is 29.1 Å². The zero-order valence-corrected chi connectivity index (χ0v) is 22.6. The smallest absolute Gasteiger partial charge is 0.0417 e. The first-order valence-corrected chi connectivity index (χ1v) is 13.8. The van der Waals surface area contributed by atoms with Gasteiger partial charge in [-0.25, -0.2) is 0 Å². The van der Waals surface area contributed by atoms with Crippen molar-refractivity contribution in [3.05, 3.63) is 154 Å². The Bertz CT molecular complexity index is 1660. The minimum atomic E-state index is 0.507. The molecule has 0 saturated heterocycles. The van der Waals surface area contributed by atoms with Crippen molar-refractivity contribution in [2.75, 3.05) is 14.1 Å². The fraction of sp³-hybridized carbons (Fsp3) is 0.162. The van der Waals surface area contributed by atoms with Gasteiger partial charge in [0.05, 0.1) is 0 Å². The lowest BCUT2D eigenvalue weighted by molar-refractivity contribution is 1.03. The van der Waals surface area contributed by atoms with Gasteiger partial charge in [0.2, 0.25) is 0 Å². The quantitative estimate of drug-likeness (QED) is 0.222. The highest BCUT2D eigenvalue weighted by Crippen LogP contribution is 2.59. The third-order valence-corrected chi connectivity index (χ3v) is 8.03. The van der Waals surface area contributed by atoms with Crippen LogP contribution in [0.1, 0.15) is 28.2 Å². The third-order valence-electron chi connectivity index (χ3n) is 8.03. The standard InChI is InChI=1S/C37H34N2/c1-38-25-34-32-16-10-9-15-31(32)23-33-36(37(33)34)29-21-19-28(20-22-29)35(39-2)24-30(27-13-7-4-8-14-27)18-17-26-11-5-3-6-12-26/h3-16,18-25,33,36-37,39H,17H2,1-2H3/b30-18+,35-24-,38-25?. The van der Waals surface area contributed by atoms with Gasteiger partial charge in [-0.3, -0.25) is 4.99 Å². The summed E-state index contributed by atoms with van der Waals surface area (Å²) in [5.74, 6) is 1.56. The predicted molar refractivity (Wildman–Crippen MR) is 166 cm³/mol. The number of aliphatic imine (C=N–C) groups is 1. The fourth-order valence-corrected chi connectivity index (χ4v) is 6.03. The van der Waals surface area contributed by atoms with Crippen LogP contribution in [0, 0.1) is 11.8 Å². The molecule has 2 aliphatic carbocycles. The summed E-state index contributed by atoms with van der Waals surface area (Å²) >= 11 is 0. The highest BCUT2D eigenvalue weighted by atomic mass is 14.8. The molecule has 2 heteroatoms. The maximum Gasteiger partial charge on any atom is 0.0417 e. The van der Waals surface area contributed by atoms with Gasteiger partial charge in [0.25, 0.3) is 0 Å². The lowest BCUT2D eigenvalue weighted by Gasteiger charge is -2.12. The van der Waals surface area contributed by atoms with E-state index in [1.165, 1.54) is 43.8 Å².